The minimum Gasteiger partial charge on any atom is -0.338 e. The van der Waals surface area contributed by atoms with Gasteiger partial charge in [0.05, 0.1) is 5.01 Å². The van der Waals surface area contributed by atoms with Crippen molar-refractivity contribution in [2.24, 2.45) is 0 Å². The van der Waals surface area contributed by atoms with E-state index >= 15 is 0 Å². The number of aromatic nitrogens is 1. The van der Waals surface area contributed by atoms with Gasteiger partial charge in [0.15, 0.2) is 0 Å². The van der Waals surface area contributed by atoms with Crippen molar-refractivity contribution in [2.75, 3.05) is 7.11 Å². The topological polar surface area (TPSA) is 62.6 Å². The van der Waals surface area contributed by atoms with Gasteiger partial charge < -0.3 is 14.9 Å². The predicted octanol–water partition coefficient (Wildman–Crippen LogP) is 0.193. The zero-order chi connectivity index (χ0) is 8.48. The maximum absolute atomic E-state index is 9.09. The summed E-state index contributed by atoms with van der Waals surface area (Å²) in [5, 5.41) is 20.5. The van der Waals surface area contributed by atoms with Crippen LogP contribution >= 0.6 is 11.3 Å². The van der Waals surface area contributed by atoms with Gasteiger partial charge in [-0.25, -0.2) is 4.98 Å². The van der Waals surface area contributed by atoms with E-state index in [1.807, 2.05) is 0 Å². The number of methoxy groups -OCH3 is 1. The summed E-state index contributed by atoms with van der Waals surface area (Å²) in [5.74, 6) is -2.25. The summed E-state index contributed by atoms with van der Waals surface area (Å²) in [7, 11) is 1.20. The average molecular weight is 175 g/mol. The zero-order valence-corrected chi connectivity index (χ0v) is 7.05. The quantitative estimate of drug-likeness (QED) is 0.630. The van der Waals surface area contributed by atoms with Gasteiger partial charge >= 0.3 is 5.97 Å². The highest BCUT2D eigenvalue weighted by atomic mass is 32.1. The fourth-order valence-corrected chi connectivity index (χ4v) is 1.26. The Balaban J connectivity index is 2.92. The van der Waals surface area contributed by atoms with Crippen LogP contribution in [-0.4, -0.2) is 22.3 Å². The van der Waals surface area contributed by atoms with Crippen molar-refractivity contribution in [3.05, 3.63) is 16.1 Å². The van der Waals surface area contributed by atoms with Gasteiger partial charge in [0, 0.05) is 12.5 Å². The van der Waals surface area contributed by atoms with E-state index in [9.17, 15) is 0 Å². The molecule has 1 aromatic rings. The first-order valence-corrected chi connectivity index (χ1v) is 3.86. The maximum Gasteiger partial charge on any atom is 0.325 e. The third-order valence-corrected chi connectivity index (χ3v) is 2.01. The van der Waals surface area contributed by atoms with E-state index in [1.165, 1.54) is 18.4 Å². The van der Waals surface area contributed by atoms with Gasteiger partial charge in [0.2, 0.25) is 0 Å². The van der Waals surface area contributed by atoms with E-state index in [0.29, 0.717) is 0 Å². The van der Waals surface area contributed by atoms with Crippen LogP contribution in [0.15, 0.2) is 5.38 Å². The first-order chi connectivity index (χ1) is 5.06. The van der Waals surface area contributed by atoms with Gasteiger partial charge in [0.1, 0.15) is 5.69 Å². The van der Waals surface area contributed by atoms with E-state index in [4.69, 9.17) is 10.2 Å². The molecule has 2 N–H and O–H groups in total. The molecular weight excluding hydrogens is 166 g/mol. The van der Waals surface area contributed by atoms with Crippen LogP contribution in [0, 0.1) is 6.92 Å². The Morgan fingerprint density at radius 2 is 2.27 bits per heavy atom. The molecule has 5 heteroatoms. The molecule has 11 heavy (non-hydrogen) atoms. The van der Waals surface area contributed by atoms with Crippen LogP contribution in [0.25, 0.3) is 0 Å². The fourth-order valence-electron chi connectivity index (χ4n) is 0.618. The van der Waals surface area contributed by atoms with Gasteiger partial charge in [-0.3, -0.25) is 0 Å². The van der Waals surface area contributed by atoms with E-state index in [0.717, 1.165) is 5.01 Å². The van der Waals surface area contributed by atoms with Crippen molar-refractivity contribution in [1.29, 1.82) is 0 Å². The zero-order valence-electron chi connectivity index (χ0n) is 6.24. The van der Waals surface area contributed by atoms with E-state index in [-0.39, 0.29) is 5.69 Å². The Labute approximate surface area is 68.1 Å². The molecule has 0 saturated heterocycles. The Morgan fingerprint density at radius 3 is 2.64 bits per heavy atom. The molecule has 0 aliphatic rings. The first-order valence-electron chi connectivity index (χ1n) is 2.99. The second kappa shape index (κ2) is 2.86. The summed E-state index contributed by atoms with van der Waals surface area (Å²) in [6.07, 6.45) is 0. The van der Waals surface area contributed by atoms with E-state index in [1.54, 1.807) is 12.3 Å². The second-order valence-electron chi connectivity index (χ2n) is 2.06. The standard InChI is InChI=1S/C6H9NO3S/c1-4-7-5(3-11-4)6(8,9)10-2/h3,8-9H,1-2H3. The third kappa shape index (κ3) is 1.75. The number of rotatable bonds is 2. The van der Waals surface area contributed by atoms with Gasteiger partial charge in [-0.05, 0) is 6.92 Å². The molecule has 1 aromatic heterocycles. The van der Waals surface area contributed by atoms with Crippen LogP contribution in [0.3, 0.4) is 0 Å². The van der Waals surface area contributed by atoms with Crippen LogP contribution in [-0.2, 0) is 10.7 Å². The Morgan fingerprint density at radius 1 is 1.64 bits per heavy atom. The predicted molar refractivity (Wildman–Crippen MR) is 40.0 cm³/mol. The lowest BCUT2D eigenvalue weighted by atomic mass is 10.4. The summed E-state index contributed by atoms with van der Waals surface area (Å²) in [6.45, 7) is 1.78. The molecule has 0 spiro atoms. The smallest absolute Gasteiger partial charge is 0.325 e. The van der Waals surface area contributed by atoms with E-state index in [2.05, 4.69) is 9.72 Å². The molecule has 0 atom stereocenters. The molecule has 0 bridgehead atoms. The van der Waals surface area contributed by atoms with Gasteiger partial charge in [0.25, 0.3) is 0 Å². The number of aliphatic hydroxyl groups is 2. The molecule has 1 heterocycles. The fraction of sp³-hybridized carbons (Fsp3) is 0.500. The molecule has 0 amide bonds. The molecule has 4 nitrogen and oxygen atoms in total. The van der Waals surface area contributed by atoms with E-state index < -0.39 is 5.97 Å². The molecule has 0 aliphatic heterocycles. The third-order valence-electron chi connectivity index (χ3n) is 1.24. The molecule has 0 aromatic carbocycles. The molecule has 0 radical (unpaired) electrons. The normalized spacial score (nSPS) is 12.0. The lowest BCUT2D eigenvalue weighted by Gasteiger charge is -2.15. The summed E-state index contributed by atoms with van der Waals surface area (Å²) in [4.78, 5) is 3.85. The summed E-state index contributed by atoms with van der Waals surface area (Å²) >= 11 is 1.34. The molecule has 0 aliphatic carbocycles. The molecular formula is C6H9NO3S. The van der Waals surface area contributed by atoms with Gasteiger partial charge in [-0.1, -0.05) is 0 Å². The molecule has 62 valence electrons. The molecule has 0 unspecified atom stereocenters. The molecule has 0 fully saturated rings. The monoisotopic (exact) mass is 175 g/mol. The van der Waals surface area contributed by atoms with Crippen LogP contribution < -0.4 is 0 Å². The van der Waals surface area contributed by atoms with Crippen molar-refractivity contribution in [2.45, 2.75) is 12.9 Å². The number of aryl methyl sites for hydroxylation is 1. The number of hydrogen-bond donors (Lipinski definition) is 2. The number of thiazole rings is 1. The van der Waals surface area contributed by atoms with Crippen LogP contribution in [0.1, 0.15) is 10.7 Å². The summed E-state index contributed by atoms with van der Waals surface area (Å²) in [5.41, 5.74) is 0.127. The minimum atomic E-state index is -2.25. The number of ether oxygens (including phenoxy) is 1. The Kier molecular flexibility index (Phi) is 2.24. The lowest BCUT2D eigenvalue weighted by molar-refractivity contribution is -0.340. The lowest BCUT2D eigenvalue weighted by Crippen LogP contribution is -2.27. The number of hydrogen-bond acceptors (Lipinski definition) is 5. The molecule has 0 saturated carbocycles. The van der Waals surface area contributed by atoms with Crippen LogP contribution in [0.5, 0.6) is 0 Å². The van der Waals surface area contributed by atoms with Gasteiger partial charge in [-0.2, -0.15) is 0 Å². The van der Waals surface area contributed by atoms with Crippen molar-refractivity contribution >= 4 is 11.3 Å². The highest BCUT2D eigenvalue weighted by Crippen LogP contribution is 2.19. The minimum absolute atomic E-state index is 0.127. The van der Waals surface area contributed by atoms with Gasteiger partial charge in [-0.15, -0.1) is 11.3 Å². The van der Waals surface area contributed by atoms with Crippen molar-refractivity contribution in [1.82, 2.24) is 4.98 Å². The first kappa shape index (κ1) is 8.61. The SMILES string of the molecule is COC(O)(O)c1csc(C)n1. The van der Waals surface area contributed by atoms with Crippen molar-refractivity contribution < 1.29 is 14.9 Å². The second-order valence-corrected chi connectivity index (χ2v) is 3.13. The molecule has 1 rings (SSSR count). The highest BCUT2D eigenvalue weighted by Gasteiger charge is 2.28. The van der Waals surface area contributed by atoms with Crippen molar-refractivity contribution in [3.8, 4) is 0 Å². The Hall–Kier alpha value is -0.490. The summed E-state index contributed by atoms with van der Waals surface area (Å²) < 4.78 is 4.39. The summed E-state index contributed by atoms with van der Waals surface area (Å²) in [6, 6.07) is 0. The Bertz CT molecular complexity index is 246. The average Bonchev–Trinajstić information content (AvgIpc) is 2.36. The maximum atomic E-state index is 9.09. The van der Waals surface area contributed by atoms with Crippen LogP contribution in [0.4, 0.5) is 0 Å². The van der Waals surface area contributed by atoms with Crippen LogP contribution in [0.2, 0.25) is 0 Å². The number of nitrogens with zero attached hydrogens (tertiary/aromatic N) is 1. The highest BCUT2D eigenvalue weighted by molar-refractivity contribution is 7.09. The van der Waals surface area contributed by atoms with Crippen molar-refractivity contribution in [3.63, 3.8) is 0 Å². The largest absolute Gasteiger partial charge is 0.338 e.